The summed E-state index contributed by atoms with van der Waals surface area (Å²) in [5, 5.41) is 7.15. The van der Waals surface area contributed by atoms with Crippen LogP contribution in [-0.2, 0) is 17.1 Å². The second-order valence-corrected chi connectivity index (χ2v) is 6.69. The van der Waals surface area contributed by atoms with Gasteiger partial charge in [-0.25, -0.2) is 0 Å². The third kappa shape index (κ3) is 8.76. The minimum Gasteiger partial charge on any atom is -1.00 e. The molecule has 0 amide bonds. The molecule has 0 aromatic heterocycles. The first-order valence-corrected chi connectivity index (χ1v) is 8.77. The van der Waals surface area contributed by atoms with Crippen LogP contribution in [0.2, 0.25) is 0 Å². The van der Waals surface area contributed by atoms with E-state index >= 15 is 0 Å². The molecule has 0 aliphatic heterocycles. The van der Waals surface area contributed by atoms with Crippen molar-refractivity contribution in [3.05, 3.63) is 58.7 Å². The fourth-order valence-electron chi connectivity index (χ4n) is 3.04. The number of hydrogen-bond acceptors (Lipinski definition) is 3. The Hall–Kier alpha value is -0.901. The van der Waals surface area contributed by atoms with E-state index in [1.54, 1.807) is 0 Å². The Balaban J connectivity index is 0. The van der Waals surface area contributed by atoms with E-state index in [-0.39, 0.29) is 41.9 Å². The second-order valence-electron chi connectivity index (χ2n) is 6.69. The monoisotopic (exact) mass is 451 g/mol. The minimum atomic E-state index is 0. The normalized spacial score (nSPS) is 9.70. The molecule has 2 aromatic rings. The first kappa shape index (κ1) is 28.3. The molecule has 0 bridgehead atoms. The summed E-state index contributed by atoms with van der Waals surface area (Å²) >= 11 is 0. The summed E-state index contributed by atoms with van der Waals surface area (Å²) in [7, 11) is 2.18. The molecule has 0 atom stereocenters. The largest absolute Gasteiger partial charge is 2.00 e. The van der Waals surface area contributed by atoms with Crippen molar-refractivity contribution < 1.29 is 41.9 Å². The van der Waals surface area contributed by atoms with Crippen LogP contribution in [0.25, 0.3) is 0 Å². The van der Waals surface area contributed by atoms with Crippen molar-refractivity contribution in [3.8, 4) is 0 Å². The predicted molar refractivity (Wildman–Crippen MR) is 106 cm³/mol. The number of nitrogens with zero attached hydrogens (tertiary/aromatic N) is 1. The molecule has 6 heteroatoms. The maximum absolute atomic E-state index is 3.58. The minimum absolute atomic E-state index is 0. The molecule has 2 aromatic carbocycles. The zero-order valence-corrected chi connectivity index (χ0v) is 19.5. The van der Waals surface area contributed by atoms with Crippen molar-refractivity contribution in [2.24, 2.45) is 0 Å². The number of benzene rings is 2. The van der Waals surface area contributed by atoms with Crippen molar-refractivity contribution >= 4 is 11.4 Å². The van der Waals surface area contributed by atoms with Gasteiger partial charge in [-0.1, -0.05) is 36.4 Å². The summed E-state index contributed by atoms with van der Waals surface area (Å²) in [5.74, 6) is 0. The summed E-state index contributed by atoms with van der Waals surface area (Å²) in [5.41, 5.74) is 7.81. The number of anilines is 2. The maximum atomic E-state index is 3.58. The molecule has 0 unspecified atom stereocenters. The Labute approximate surface area is 188 Å². The number of rotatable bonds is 8. The molecule has 0 radical (unpaired) electrons. The van der Waals surface area contributed by atoms with Gasteiger partial charge in [-0.05, 0) is 57.0 Å². The number of para-hydroxylation sites is 2. The molecular formula is C21H31Cl2FeN3. The van der Waals surface area contributed by atoms with Crippen LogP contribution in [0.15, 0.2) is 36.4 Å². The van der Waals surface area contributed by atoms with Crippen molar-refractivity contribution in [2.75, 3.05) is 43.9 Å². The fourth-order valence-corrected chi connectivity index (χ4v) is 3.04. The van der Waals surface area contributed by atoms with E-state index < -0.39 is 0 Å². The van der Waals surface area contributed by atoms with Crippen LogP contribution in [0.5, 0.6) is 0 Å². The Morgan fingerprint density at radius 2 is 0.963 bits per heavy atom. The van der Waals surface area contributed by atoms with Crippen LogP contribution < -0.4 is 35.4 Å². The number of likely N-dealkylation sites (N-methyl/N-ethyl adjacent to an activating group) is 1. The molecule has 152 valence electrons. The Kier molecular flexibility index (Phi) is 14.8. The molecule has 27 heavy (non-hydrogen) atoms. The average molecular weight is 452 g/mol. The Bertz CT molecular complexity index is 582. The van der Waals surface area contributed by atoms with Crippen LogP contribution in [-0.4, -0.2) is 38.1 Å². The first-order valence-electron chi connectivity index (χ1n) is 8.77. The zero-order valence-electron chi connectivity index (χ0n) is 16.8. The fraction of sp³-hybridized carbons (Fsp3) is 0.429. The van der Waals surface area contributed by atoms with E-state index in [4.69, 9.17) is 0 Å². The first-order chi connectivity index (χ1) is 11.5. The molecule has 0 fully saturated rings. The smallest absolute Gasteiger partial charge is 1.00 e. The summed E-state index contributed by atoms with van der Waals surface area (Å²) in [6.45, 7) is 12.6. The van der Waals surface area contributed by atoms with Crippen LogP contribution >= 0.6 is 0 Å². The summed E-state index contributed by atoms with van der Waals surface area (Å²) in [4.78, 5) is 2.36. The summed E-state index contributed by atoms with van der Waals surface area (Å²) < 4.78 is 0. The Morgan fingerprint density at radius 1 is 0.667 bits per heavy atom. The molecule has 0 saturated carbocycles. The summed E-state index contributed by atoms with van der Waals surface area (Å²) in [6, 6.07) is 12.9. The van der Waals surface area contributed by atoms with Gasteiger partial charge in [0.2, 0.25) is 0 Å². The van der Waals surface area contributed by atoms with Gasteiger partial charge in [-0.3, -0.25) is 0 Å². The van der Waals surface area contributed by atoms with Crippen molar-refractivity contribution in [3.63, 3.8) is 0 Å². The number of nitrogens with one attached hydrogen (secondary N) is 2. The molecule has 0 spiro atoms. The molecule has 2 N–H and O–H groups in total. The third-order valence-corrected chi connectivity index (χ3v) is 4.55. The third-order valence-electron chi connectivity index (χ3n) is 4.55. The van der Waals surface area contributed by atoms with E-state index in [0.29, 0.717) is 0 Å². The van der Waals surface area contributed by atoms with E-state index in [0.717, 1.165) is 26.2 Å². The summed E-state index contributed by atoms with van der Waals surface area (Å²) in [6.07, 6.45) is 0. The zero-order chi connectivity index (χ0) is 17.5. The predicted octanol–water partition coefficient (Wildman–Crippen LogP) is -1.62. The van der Waals surface area contributed by atoms with E-state index in [2.05, 4.69) is 86.7 Å². The van der Waals surface area contributed by atoms with Crippen LogP contribution in [0.3, 0.4) is 0 Å². The van der Waals surface area contributed by atoms with Crippen LogP contribution in [0.1, 0.15) is 22.3 Å². The average Bonchev–Trinajstić information content (AvgIpc) is 2.53. The second kappa shape index (κ2) is 14.1. The van der Waals surface area contributed by atoms with Crippen molar-refractivity contribution in [1.82, 2.24) is 4.90 Å². The SMILES string of the molecule is Cc1cccc(C)c1NCCN(C)CCNc1c(C)cccc1C.[Cl-].[Cl-].[Fe+2]. The molecule has 2 rings (SSSR count). The van der Waals surface area contributed by atoms with Crippen molar-refractivity contribution in [1.29, 1.82) is 0 Å². The van der Waals surface area contributed by atoms with E-state index in [1.807, 2.05) is 0 Å². The van der Waals surface area contributed by atoms with Gasteiger partial charge in [0.1, 0.15) is 0 Å². The van der Waals surface area contributed by atoms with Gasteiger partial charge in [0.05, 0.1) is 0 Å². The number of halogens is 2. The maximum Gasteiger partial charge on any atom is 2.00 e. The molecule has 3 nitrogen and oxygen atoms in total. The molecule has 0 aliphatic carbocycles. The molecule has 0 heterocycles. The van der Waals surface area contributed by atoms with Crippen LogP contribution in [0, 0.1) is 27.7 Å². The Morgan fingerprint density at radius 3 is 1.26 bits per heavy atom. The van der Waals surface area contributed by atoms with Gasteiger partial charge in [-0.2, -0.15) is 0 Å². The van der Waals surface area contributed by atoms with Gasteiger partial charge in [-0.15, -0.1) is 0 Å². The molecule has 0 saturated heterocycles. The number of hydrogen-bond donors (Lipinski definition) is 2. The van der Waals surface area contributed by atoms with Crippen molar-refractivity contribution in [2.45, 2.75) is 27.7 Å². The topological polar surface area (TPSA) is 27.3 Å². The molecule has 0 aliphatic rings. The van der Waals surface area contributed by atoms with E-state index in [9.17, 15) is 0 Å². The number of aryl methyl sites for hydroxylation is 4. The van der Waals surface area contributed by atoms with Gasteiger partial charge in [0, 0.05) is 37.6 Å². The standard InChI is InChI=1S/C21H31N3.2ClH.Fe/c1-16-8-6-9-17(2)20(16)22-12-14-24(5)15-13-23-21-18(3)10-7-11-19(21)4;;;/h6-11,22-23H,12-15H2,1-5H3;2*1H;/q;;;+2/p-2. The van der Waals surface area contributed by atoms with Crippen LogP contribution in [0.4, 0.5) is 11.4 Å². The van der Waals surface area contributed by atoms with E-state index in [1.165, 1.54) is 33.6 Å². The van der Waals surface area contributed by atoms with Gasteiger partial charge < -0.3 is 40.3 Å². The van der Waals surface area contributed by atoms with Gasteiger partial charge in [0.15, 0.2) is 0 Å². The quantitative estimate of drug-likeness (QED) is 0.472. The molecular weight excluding hydrogens is 421 g/mol. The van der Waals surface area contributed by atoms with Gasteiger partial charge in [0.25, 0.3) is 0 Å². The van der Waals surface area contributed by atoms with Gasteiger partial charge >= 0.3 is 17.1 Å².